The van der Waals surface area contributed by atoms with E-state index < -0.39 is 5.41 Å². The van der Waals surface area contributed by atoms with E-state index in [1.165, 1.54) is 121 Å². The Labute approximate surface area is 318 Å². The Bertz CT molecular complexity index is 3360. The second-order valence-corrected chi connectivity index (χ2v) is 15.6. The van der Waals surface area contributed by atoms with Gasteiger partial charge in [0.1, 0.15) is 0 Å². The van der Waals surface area contributed by atoms with Crippen LogP contribution in [0.3, 0.4) is 0 Å². The minimum Gasteiger partial charge on any atom is -0.0619 e. The van der Waals surface area contributed by atoms with Gasteiger partial charge in [0.15, 0.2) is 0 Å². The van der Waals surface area contributed by atoms with Crippen LogP contribution in [0.15, 0.2) is 194 Å². The van der Waals surface area contributed by atoms with E-state index in [1.807, 2.05) is 0 Å². The molecule has 0 saturated carbocycles. The molecule has 0 heteroatoms. The zero-order valence-corrected chi connectivity index (χ0v) is 30.0. The lowest BCUT2D eigenvalue weighted by Crippen LogP contribution is -2.26. The molecule has 252 valence electrons. The SMILES string of the molecule is c1ccc2c(c1)-c1ccccc1C21c2cc3ccccc3cc2-c2ccc3cc(-c4ccc(-c5ccc6ccc7cccc8ccc5c6c78)cc4)ccc3c21. The van der Waals surface area contributed by atoms with Crippen LogP contribution in [0.25, 0.3) is 98.4 Å². The molecule has 0 atom stereocenters. The van der Waals surface area contributed by atoms with E-state index in [1.54, 1.807) is 0 Å². The molecular formula is C55H32. The summed E-state index contributed by atoms with van der Waals surface area (Å²) in [5, 5.41) is 13.1. The summed E-state index contributed by atoms with van der Waals surface area (Å²) in [4.78, 5) is 0. The second kappa shape index (κ2) is 10.6. The van der Waals surface area contributed by atoms with E-state index in [9.17, 15) is 0 Å². The number of hydrogen-bond donors (Lipinski definition) is 0. The quantitative estimate of drug-likeness (QED) is 0.158. The minimum atomic E-state index is -0.398. The Morgan fingerprint density at radius 1 is 0.255 bits per heavy atom. The minimum absolute atomic E-state index is 0.398. The van der Waals surface area contributed by atoms with E-state index in [2.05, 4.69) is 194 Å². The first-order valence-electron chi connectivity index (χ1n) is 19.3. The first kappa shape index (κ1) is 29.4. The van der Waals surface area contributed by atoms with Crippen molar-refractivity contribution in [3.05, 3.63) is 216 Å². The molecular weight excluding hydrogens is 661 g/mol. The largest absolute Gasteiger partial charge is 0.0731 e. The molecule has 0 aliphatic heterocycles. The van der Waals surface area contributed by atoms with E-state index in [0.717, 1.165) is 0 Å². The molecule has 0 amide bonds. The van der Waals surface area contributed by atoms with Gasteiger partial charge in [-0.1, -0.05) is 176 Å². The molecule has 0 heterocycles. The number of benzene rings is 11. The average molecular weight is 693 g/mol. The highest BCUT2D eigenvalue weighted by atomic mass is 14.5. The van der Waals surface area contributed by atoms with Gasteiger partial charge in [0.2, 0.25) is 0 Å². The maximum absolute atomic E-state index is 2.48. The monoisotopic (exact) mass is 692 g/mol. The van der Waals surface area contributed by atoms with Crippen LogP contribution in [0.4, 0.5) is 0 Å². The van der Waals surface area contributed by atoms with Crippen molar-refractivity contribution in [2.24, 2.45) is 0 Å². The van der Waals surface area contributed by atoms with Gasteiger partial charge in [-0.3, -0.25) is 0 Å². The molecule has 0 aromatic heterocycles. The lowest BCUT2D eigenvalue weighted by molar-refractivity contribution is 0.802. The number of rotatable bonds is 2. The fraction of sp³-hybridized carbons (Fsp3) is 0.0182. The summed E-state index contributed by atoms with van der Waals surface area (Å²) in [5.74, 6) is 0. The van der Waals surface area contributed by atoms with Gasteiger partial charge >= 0.3 is 0 Å². The zero-order chi connectivity index (χ0) is 35.8. The molecule has 2 aliphatic rings. The van der Waals surface area contributed by atoms with Crippen LogP contribution < -0.4 is 0 Å². The second-order valence-electron chi connectivity index (χ2n) is 15.6. The molecule has 11 aromatic rings. The smallest absolute Gasteiger partial charge is 0.0619 e. The summed E-state index contributed by atoms with van der Waals surface area (Å²) in [7, 11) is 0. The fourth-order valence-corrected chi connectivity index (χ4v) is 10.7. The Hall–Kier alpha value is -7.02. The van der Waals surface area contributed by atoms with Gasteiger partial charge in [-0.15, -0.1) is 0 Å². The summed E-state index contributed by atoms with van der Waals surface area (Å²) >= 11 is 0. The first-order valence-corrected chi connectivity index (χ1v) is 19.3. The van der Waals surface area contributed by atoms with Crippen molar-refractivity contribution in [1.82, 2.24) is 0 Å². The van der Waals surface area contributed by atoms with E-state index in [0.29, 0.717) is 0 Å². The van der Waals surface area contributed by atoms with Gasteiger partial charge < -0.3 is 0 Å². The third-order valence-electron chi connectivity index (χ3n) is 13.0. The normalized spacial score (nSPS) is 13.6. The highest BCUT2D eigenvalue weighted by Crippen LogP contribution is 2.64. The lowest BCUT2D eigenvalue weighted by atomic mass is 9.69. The van der Waals surface area contributed by atoms with Crippen molar-refractivity contribution in [2.75, 3.05) is 0 Å². The van der Waals surface area contributed by atoms with Crippen molar-refractivity contribution >= 4 is 53.9 Å². The zero-order valence-electron chi connectivity index (χ0n) is 30.0. The van der Waals surface area contributed by atoms with E-state index in [4.69, 9.17) is 0 Å². The van der Waals surface area contributed by atoms with Crippen LogP contribution in [0.5, 0.6) is 0 Å². The Balaban J connectivity index is 0.986. The van der Waals surface area contributed by atoms with Crippen molar-refractivity contribution in [3.8, 4) is 44.5 Å². The maximum Gasteiger partial charge on any atom is 0.0731 e. The number of hydrogen-bond acceptors (Lipinski definition) is 0. The van der Waals surface area contributed by atoms with Gasteiger partial charge in [0.25, 0.3) is 0 Å². The molecule has 11 aromatic carbocycles. The van der Waals surface area contributed by atoms with Gasteiger partial charge in [-0.25, -0.2) is 0 Å². The van der Waals surface area contributed by atoms with E-state index >= 15 is 0 Å². The molecule has 0 N–H and O–H groups in total. The van der Waals surface area contributed by atoms with Gasteiger partial charge in [0, 0.05) is 0 Å². The van der Waals surface area contributed by atoms with Crippen LogP contribution >= 0.6 is 0 Å². The van der Waals surface area contributed by atoms with Crippen molar-refractivity contribution in [1.29, 1.82) is 0 Å². The highest BCUT2D eigenvalue weighted by Gasteiger charge is 2.52. The van der Waals surface area contributed by atoms with E-state index in [-0.39, 0.29) is 0 Å². The van der Waals surface area contributed by atoms with Crippen LogP contribution in [-0.2, 0) is 5.41 Å². The fourth-order valence-electron chi connectivity index (χ4n) is 10.7. The Kier molecular flexibility index (Phi) is 5.65. The highest BCUT2D eigenvalue weighted by molar-refractivity contribution is 6.25. The predicted octanol–water partition coefficient (Wildman–Crippen LogP) is 14.6. The van der Waals surface area contributed by atoms with Crippen LogP contribution in [0.2, 0.25) is 0 Å². The molecule has 0 nitrogen and oxygen atoms in total. The summed E-state index contributed by atoms with van der Waals surface area (Å²) in [6.07, 6.45) is 0. The molecule has 0 unspecified atom stereocenters. The Morgan fingerprint density at radius 2 is 0.800 bits per heavy atom. The average Bonchev–Trinajstić information content (AvgIpc) is 3.71. The van der Waals surface area contributed by atoms with Crippen LogP contribution in [0, 0.1) is 0 Å². The van der Waals surface area contributed by atoms with Crippen molar-refractivity contribution in [3.63, 3.8) is 0 Å². The molecule has 1 spiro atoms. The third-order valence-corrected chi connectivity index (χ3v) is 13.0. The van der Waals surface area contributed by atoms with Gasteiger partial charge in [-0.2, -0.15) is 0 Å². The summed E-state index contributed by atoms with van der Waals surface area (Å²) in [6.45, 7) is 0. The molecule has 0 radical (unpaired) electrons. The molecule has 2 aliphatic carbocycles. The Morgan fingerprint density at radius 3 is 1.56 bits per heavy atom. The summed E-state index contributed by atoms with van der Waals surface area (Å²) in [5.41, 5.74) is 15.5. The first-order chi connectivity index (χ1) is 27.3. The van der Waals surface area contributed by atoms with Crippen molar-refractivity contribution in [2.45, 2.75) is 5.41 Å². The molecule has 13 rings (SSSR count). The summed E-state index contributed by atoms with van der Waals surface area (Å²) < 4.78 is 0. The predicted molar refractivity (Wildman–Crippen MR) is 232 cm³/mol. The summed E-state index contributed by atoms with van der Waals surface area (Å²) in [6, 6.07) is 73.3. The molecule has 0 bridgehead atoms. The van der Waals surface area contributed by atoms with Gasteiger partial charge in [-0.05, 0) is 139 Å². The van der Waals surface area contributed by atoms with Crippen LogP contribution in [-0.4, -0.2) is 0 Å². The van der Waals surface area contributed by atoms with Crippen molar-refractivity contribution < 1.29 is 0 Å². The van der Waals surface area contributed by atoms with Gasteiger partial charge in [0.05, 0.1) is 5.41 Å². The maximum atomic E-state index is 2.48. The molecule has 55 heavy (non-hydrogen) atoms. The third kappa shape index (κ3) is 3.76. The molecule has 0 saturated heterocycles. The lowest BCUT2D eigenvalue weighted by Gasteiger charge is -2.31. The standard InChI is InChI=1S/C55H32/c1-2-9-39-32-51-48(31-38(39)8-1)47-29-25-41-30-40(24-27-43(41)54(47)55(51)49-14-5-3-12-44(49)45-13-4-6-15-50(45)55)33-16-18-34(19-17-33)42-26-22-37-21-20-35-10-7-11-36-23-28-46(42)53(37)52(35)36/h1-32H. The topological polar surface area (TPSA) is 0 Å². The number of fused-ring (bicyclic) bond motifs is 13. The van der Waals surface area contributed by atoms with Crippen LogP contribution in [0.1, 0.15) is 22.3 Å². The molecule has 0 fully saturated rings.